The van der Waals surface area contributed by atoms with E-state index < -0.39 is 0 Å². The van der Waals surface area contributed by atoms with Crippen LogP contribution in [0.1, 0.15) is 30.5 Å². The zero-order valence-electron chi connectivity index (χ0n) is 11.3. The zero-order valence-corrected chi connectivity index (χ0v) is 12.1. The molecule has 1 aromatic carbocycles. The molecule has 20 heavy (non-hydrogen) atoms. The van der Waals surface area contributed by atoms with Crippen molar-refractivity contribution in [2.75, 3.05) is 0 Å². The molecular weight excluding hydrogens is 272 g/mol. The number of nitrogens with zero attached hydrogens (tertiary/aromatic N) is 1. The fourth-order valence-electron chi connectivity index (χ4n) is 1.98. The summed E-state index contributed by atoms with van der Waals surface area (Å²) in [5, 5.41) is 3.66. The molecule has 0 unspecified atom stereocenters. The molecular formula is C16H17ClN2O. The van der Waals surface area contributed by atoms with Crippen LogP contribution in [-0.2, 0) is 11.2 Å². The predicted octanol–water partition coefficient (Wildman–Crippen LogP) is 3.55. The molecule has 0 aliphatic carbocycles. The molecule has 104 valence electrons. The third-order valence-electron chi connectivity index (χ3n) is 3.12. The van der Waals surface area contributed by atoms with Gasteiger partial charge < -0.3 is 5.32 Å². The maximum Gasteiger partial charge on any atom is 0.220 e. The van der Waals surface area contributed by atoms with Gasteiger partial charge in [-0.2, -0.15) is 0 Å². The molecule has 1 N–H and O–H groups in total. The van der Waals surface area contributed by atoms with Crippen LogP contribution in [-0.4, -0.2) is 10.9 Å². The van der Waals surface area contributed by atoms with Crippen LogP contribution in [0.25, 0.3) is 0 Å². The number of amides is 1. The molecule has 1 amide bonds. The molecule has 4 heteroatoms. The van der Waals surface area contributed by atoms with Crippen molar-refractivity contribution < 1.29 is 4.79 Å². The number of aryl methyl sites for hydroxylation is 1. The average Bonchev–Trinajstić information content (AvgIpc) is 2.46. The fourth-order valence-corrected chi connectivity index (χ4v) is 2.18. The van der Waals surface area contributed by atoms with Crippen molar-refractivity contribution >= 4 is 17.5 Å². The van der Waals surface area contributed by atoms with E-state index >= 15 is 0 Å². The van der Waals surface area contributed by atoms with E-state index in [-0.39, 0.29) is 11.9 Å². The van der Waals surface area contributed by atoms with Crippen molar-refractivity contribution in [2.24, 2.45) is 0 Å². The van der Waals surface area contributed by atoms with Crippen molar-refractivity contribution in [3.8, 4) is 0 Å². The van der Waals surface area contributed by atoms with Gasteiger partial charge in [-0.05, 0) is 48.7 Å². The molecule has 1 aromatic heterocycles. The number of rotatable bonds is 5. The highest BCUT2D eigenvalue weighted by Gasteiger charge is 2.09. The summed E-state index contributed by atoms with van der Waals surface area (Å²) in [4.78, 5) is 15.9. The van der Waals surface area contributed by atoms with Crippen molar-refractivity contribution in [3.05, 3.63) is 64.9 Å². The summed E-state index contributed by atoms with van der Waals surface area (Å²) in [5.74, 6) is 0.0364. The molecule has 0 bridgehead atoms. The van der Waals surface area contributed by atoms with Crippen LogP contribution in [0.5, 0.6) is 0 Å². The molecule has 0 aliphatic rings. The summed E-state index contributed by atoms with van der Waals surface area (Å²) >= 11 is 5.95. The Morgan fingerprint density at radius 1 is 1.30 bits per heavy atom. The Bertz CT molecular complexity index is 572. The first kappa shape index (κ1) is 14.5. The number of carbonyl (C=O) groups is 1. The lowest BCUT2D eigenvalue weighted by atomic mass is 10.1. The second kappa shape index (κ2) is 7.06. The Hall–Kier alpha value is -1.87. The summed E-state index contributed by atoms with van der Waals surface area (Å²) in [6, 6.07) is 11.3. The van der Waals surface area contributed by atoms with Crippen molar-refractivity contribution in [1.29, 1.82) is 0 Å². The average molecular weight is 289 g/mol. The molecule has 2 rings (SSSR count). The van der Waals surface area contributed by atoms with Gasteiger partial charge in [-0.3, -0.25) is 9.78 Å². The Balaban J connectivity index is 1.85. The highest BCUT2D eigenvalue weighted by Crippen LogP contribution is 2.17. The first-order chi connectivity index (χ1) is 9.65. The molecule has 1 atom stereocenters. The van der Waals surface area contributed by atoms with Crippen molar-refractivity contribution in [3.63, 3.8) is 0 Å². The van der Waals surface area contributed by atoms with Gasteiger partial charge in [-0.1, -0.05) is 23.7 Å². The first-order valence-corrected chi connectivity index (χ1v) is 6.96. The maximum atomic E-state index is 11.9. The normalized spacial score (nSPS) is 11.9. The van der Waals surface area contributed by atoms with Crippen LogP contribution in [0, 0.1) is 0 Å². The van der Waals surface area contributed by atoms with E-state index in [0.29, 0.717) is 11.4 Å². The van der Waals surface area contributed by atoms with Crippen molar-refractivity contribution in [1.82, 2.24) is 10.3 Å². The van der Waals surface area contributed by atoms with E-state index in [1.54, 1.807) is 12.4 Å². The summed E-state index contributed by atoms with van der Waals surface area (Å²) in [6.07, 6.45) is 4.66. The van der Waals surface area contributed by atoms with Gasteiger partial charge in [0.25, 0.3) is 0 Å². The number of benzene rings is 1. The lowest BCUT2D eigenvalue weighted by Gasteiger charge is -2.14. The molecule has 0 aliphatic heterocycles. The van der Waals surface area contributed by atoms with Gasteiger partial charge in [0.1, 0.15) is 0 Å². The number of nitrogens with one attached hydrogen (secondary N) is 1. The molecule has 0 spiro atoms. The lowest BCUT2D eigenvalue weighted by Crippen LogP contribution is -2.26. The van der Waals surface area contributed by atoms with E-state index in [4.69, 9.17) is 11.6 Å². The van der Waals surface area contributed by atoms with Crippen LogP contribution >= 0.6 is 11.6 Å². The second-order valence-corrected chi connectivity index (χ2v) is 5.14. The second-order valence-electron chi connectivity index (χ2n) is 4.70. The number of halogens is 1. The number of pyridine rings is 1. The van der Waals surface area contributed by atoms with Crippen LogP contribution < -0.4 is 5.32 Å². The van der Waals surface area contributed by atoms with E-state index in [1.165, 1.54) is 0 Å². The van der Waals surface area contributed by atoms with Crippen molar-refractivity contribution in [2.45, 2.75) is 25.8 Å². The summed E-state index contributed by atoms with van der Waals surface area (Å²) < 4.78 is 0. The Labute approximate surface area is 124 Å². The minimum absolute atomic E-state index is 0.0364. The molecule has 0 fully saturated rings. The van der Waals surface area contributed by atoms with Crippen LogP contribution in [0.4, 0.5) is 0 Å². The Morgan fingerprint density at radius 2 is 2.05 bits per heavy atom. The largest absolute Gasteiger partial charge is 0.350 e. The number of carbonyl (C=O) groups excluding carboxylic acids is 1. The highest BCUT2D eigenvalue weighted by atomic mass is 35.5. The van der Waals surface area contributed by atoms with Crippen LogP contribution in [0.15, 0.2) is 48.8 Å². The summed E-state index contributed by atoms with van der Waals surface area (Å²) in [6.45, 7) is 1.95. The first-order valence-electron chi connectivity index (χ1n) is 6.59. The predicted molar refractivity (Wildman–Crippen MR) is 80.6 cm³/mol. The summed E-state index contributed by atoms with van der Waals surface area (Å²) in [7, 11) is 0. The highest BCUT2D eigenvalue weighted by molar-refractivity contribution is 6.30. The van der Waals surface area contributed by atoms with Crippen LogP contribution in [0.2, 0.25) is 5.02 Å². The summed E-state index contributed by atoms with van der Waals surface area (Å²) in [5.41, 5.74) is 2.13. The standard InChI is InChI=1S/C16H17ClN2O/c1-12(14-3-2-4-15(17)11-14)19-16(20)6-5-13-7-9-18-10-8-13/h2-4,7-12H,5-6H2,1H3,(H,19,20)/t12-/m1/s1. The van der Waals surface area contributed by atoms with Gasteiger partial charge in [0.15, 0.2) is 0 Å². The van der Waals surface area contributed by atoms with Gasteiger partial charge in [0.2, 0.25) is 5.91 Å². The van der Waals surface area contributed by atoms with Gasteiger partial charge in [-0.15, -0.1) is 0 Å². The molecule has 1 heterocycles. The number of aromatic nitrogens is 1. The third kappa shape index (κ3) is 4.35. The molecule has 0 saturated heterocycles. The molecule has 2 aromatic rings. The SMILES string of the molecule is C[C@@H](NC(=O)CCc1ccncc1)c1cccc(Cl)c1. The zero-order chi connectivity index (χ0) is 14.4. The topological polar surface area (TPSA) is 42.0 Å². The lowest BCUT2D eigenvalue weighted by molar-refractivity contribution is -0.121. The minimum Gasteiger partial charge on any atom is -0.350 e. The molecule has 0 radical (unpaired) electrons. The van der Waals surface area contributed by atoms with Crippen LogP contribution in [0.3, 0.4) is 0 Å². The molecule has 3 nitrogen and oxygen atoms in total. The van der Waals surface area contributed by atoms with Gasteiger partial charge in [0.05, 0.1) is 6.04 Å². The maximum absolute atomic E-state index is 11.9. The number of hydrogen-bond acceptors (Lipinski definition) is 2. The van der Waals surface area contributed by atoms with E-state index in [1.807, 2.05) is 43.3 Å². The number of hydrogen-bond donors (Lipinski definition) is 1. The smallest absolute Gasteiger partial charge is 0.220 e. The van der Waals surface area contributed by atoms with E-state index in [2.05, 4.69) is 10.3 Å². The van der Waals surface area contributed by atoms with Gasteiger partial charge >= 0.3 is 0 Å². The van der Waals surface area contributed by atoms with E-state index in [9.17, 15) is 4.79 Å². The third-order valence-corrected chi connectivity index (χ3v) is 3.35. The van der Waals surface area contributed by atoms with Gasteiger partial charge in [-0.25, -0.2) is 0 Å². The fraction of sp³-hybridized carbons (Fsp3) is 0.250. The van der Waals surface area contributed by atoms with Gasteiger partial charge in [0, 0.05) is 23.8 Å². The Kier molecular flexibility index (Phi) is 5.13. The van der Waals surface area contributed by atoms with E-state index in [0.717, 1.165) is 17.5 Å². The minimum atomic E-state index is -0.0429. The molecule has 0 saturated carbocycles. The Morgan fingerprint density at radius 3 is 2.75 bits per heavy atom. The quantitative estimate of drug-likeness (QED) is 0.914. The monoisotopic (exact) mass is 288 g/mol.